The van der Waals surface area contributed by atoms with E-state index in [0.717, 1.165) is 19.6 Å². The maximum absolute atomic E-state index is 5.64. The van der Waals surface area contributed by atoms with Crippen LogP contribution in [-0.4, -0.2) is 19.3 Å². The van der Waals surface area contributed by atoms with E-state index in [4.69, 9.17) is 4.74 Å². The molecule has 1 aliphatic rings. The van der Waals surface area contributed by atoms with Gasteiger partial charge in [0.25, 0.3) is 0 Å². The first kappa shape index (κ1) is 14.5. The lowest BCUT2D eigenvalue weighted by Crippen LogP contribution is -2.23. The standard InChI is InChI=1S/C17H27NO/c1-13(2)15-6-8-16(9-7-15)14(3)18-11-10-17-5-4-12-19-17/h6-9,13-14,17-18H,4-5,10-12H2,1-3H3. The largest absolute Gasteiger partial charge is 0.378 e. The first-order chi connectivity index (χ1) is 9.16. The van der Waals surface area contributed by atoms with Gasteiger partial charge in [0.2, 0.25) is 0 Å². The highest BCUT2D eigenvalue weighted by molar-refractivity contribution is 5.26. The van der Waals surface area contributed by atoms with Gasteiger partial charge in [-0.3, -0.25) is 0 Å². The zero-order chi connectivity index (χ0) is 13.7. The Morgan fingerprint density at radius 1 is 1.16 bits per heavy atom. The Hall–Kier alpha value is -0.860. The van der Waals surface area contributed by atoms with E-state index in [9.17, 15) is 0 Å². The van der Waals surface area contributed by atoms with Gasteiger partial charge in [0.15, 0.2) is 0 Å². The van der Waals surface area contributed by atoms with Crippen molar-refractivity contribution < 1.29 is 4.74 Å². The fourth-order valence-corrected chi connectivity index (χ4v) is 2.62. The van der Waals surface area contributed by atoms with E-state index < -0.39 is 0 Å². The molecule has 0 aromatic heterocycles. The van der Waals surface area contributed by atoms with Crippen LogP contribution in [0.2, 0.25) is 0 Å². The summed E-state index contributed by atoms with van der Waals surface area (Å²) >= 11 is 0. The van der Waals surface area contributed by atoms with Gasteiger partial charge in [-0.1, -0.05) is 38.1 Å². The van der Waals surface area contributed by atoms with E-state index in [0.29, 0.717) is 18.1 Å². The Balaban J connectivity index is 1.76. The molecule has 1 saturated heterocycles. The molecule has 2 unspecified atom stereocenters. The van der Waals surface area contributed by atoms with Crippen LogP contribution < -0.4 is 5.32 Å². The fraction of sp³-hybridized carbons (Fsp3) is 0.647. The summed E-state index contributed by atoms with van der Waals surface area (Å²) in [5, 5.41) is 3.59. The molecule has 2 heteroatoms. The fourth-order valence-electron chi connectivity index (χ4n) is 2.62. The van der Waals surface area contributed by atoms with Gasteiger partial charge in [-0.2, -0.15) is 0 Å². The average Bonchev–Trinajstić information content (AvgIpc) is 2.92. The predicted octanol–water partition coefficient (Wildman–Crippen LogP) is 4.03. The molecule has 1 fully saturated rings. The molecule has 1 aromatic carbocycles. The van der Waals surface area contributed by atoms with Crippen LogP contribution in [0.1, 0.15) is 63.1 Å². The van der Waals surface area contributed by atoms with Gasteiger partial charge < -0.3 is 10.1 Å². The summed E-state index contributed by atoms with van der Waals surface area (Å²) in [5.74, 6) is 0.608. The van der Waals surface area contributed by atoms with Gasteiger partial charge in [-0.05, 0) is 49.8 Å². The Morgan fingerprint density at radius 2 is 1.84 bits per heavy atom. The van der Waals surface area contributed by atoms with Crippen molar-refractivity contribution in [3.63, 3.8) is 0 Å². The molecule has 1 heterocycles. The monoisotopic (exact) mass is 261 g/mol. The summed E-state index contributed by atoms with van der Waals surface area (Å²) in [6.07, 6.45) is 4.09. The van der Waals surface area contributed by atoms with Crippen LogP contribution >= 0.6 is 0 Å². The maximum atomic E-state index is 5.64. The molecule has 0 radical (unpaired) electrons. The number of rotatable bonds is 6. The zero-order valence-electron chi connectivity index (χ0n) is 12.5. The molecule has 2 atom stereocenters. The van der Waals surface area contributed by atoms with Crippen LogP contribution in [0.25, 0.3) is 0 Å². The Bertz CT molecular complexity index is 365. The second kappa shape index (κ2) is 7.06. The highest BCUT2D eigenvalue weighted by Gasteiger charge is 2.15. The van der Waals surface area contributed by atoms with E-state index >= 15 is 0 Å². The third kappa shape index (κ3) is 4.32. The van der Waals surface area contributed by atoms with Gasteiger partial charge >= 0.3 is 0 Å². The number of ether oxygens (including phenoxy) is 1. The SMILES string of the molecule is CC(C)c1ccc(C(C)NCCC2CCCO2)cc1. The first-order valence-corrected chi connectivity index (χ1v) is 7.61. The van der Waals surface area contributed by atoms with E-state index in [1.165, 1.54) is 24.0 Å². The molecule has 0 aliphatic carbocycles. The summed E-state index contributed by atoms with van der Waals surface area (Å²) in [6, 6.07) is 9.41. The van der Waals surface area contributed by atoms with Crippen molar-refractivity contribution in [2.24, 2.45) is 0 Å². The summed E-state index contributed by atoms with van der Waals surface area (Å²) in [7, 11) is 0. The molecule has 19 heavy (non-hydrogen) atoms. The van der Waals surface area contributed by atoms with Crippen molar-refractivity contribution in [2.45, 2.75) is 58.1 Å². The van der Waals surface area contributed by atoms with Gasteiger partial charge in [0.1, 0.15) is 0 Å². The second-order valence-corrected chi connectivity index (χ2v) is 5.92. The molecule has 2 rings (SSSR count). The number of nitrogens with one attached hydrogen (secondary N) is 1. The second-order valence-electron chi connectivity index (χ2n) is 5.92. The highest BCUT2D eigenvalue weighted by atomic mass is 16.5. The smallest absolute Gasteiger partial charge is 0.0588 e. The molecular weight excluding hydrogens is 234 g/mol. The van der Waals surface area contributed by atoms with Crippen molar-refractivity contribution in [1.29, 1.82) is 0 Å². The van der Waals surface area contributed by atoms with E-state index in [1.807, 2.05) is 0 Å². The normalized spacial score (nSPS) is 20.9. The lowest BCUT2D eigenvalue weighted by Gasteiger charge is -2.17. The van der Waals surface area contributed by atoms with Crippen molar-refractivity contribution >= 4 is 0 Å². The van der Waals surface area contributed by atoms with Gasteiger partial charge in [0.05, 0.1) is 6.10 Å². The number of hydrogen-bond acceptors (Lipinski definition) is 2. The molecule has 106 valence electrons. The van der Waals surface area contributed by atoms with Crippen LogP contribution in [-0.2, 0) is 4.74 Å². The van der Waals surface area contributed by atoms with Crippen molar-refractivity contribution in [3.8, 4) is 0 Å². The van der Waals surface area contributed by atoms with Crippen molar-refractivity contribution in [2.75, 3.05) is 13.2 Å². The minimum Gasteiger partial charge on any atom is -0.378 e. The van der Waals surface area contributed by atoms with E-state index in [-0.39, 0.29) is 0 Å². The topological polar surface area (TPSA) is 21.3 Å². The molecular formula is C17H27NO. The molecule has 0 spiro atoms. The first-order valence-electron chi connectivity index (χ1n) is 7.61. The quantitative estimate of drug-likeness (QED) is 0.834. The maximum Gasteiger partial charge on any atom is 0.0588 e. The van der Waals surface area contributed by atoms with Crippen molar-refractivity contribution in [3.05, 3.63) is 35.4 Å². The summed E-state index contributed by atoms with van der Waals surface area (Å²) in [4.78, 5) is 0. The average molecular weight is 261 g/mol. The lowest BCUT2D eigenvalue weighted by molar-refractivity contribution is 0.103. The number of benzene rings is 1. The van der Waals surface area contributed by atoms with E-state index in [2.05, 4.69) is 50.4 Å². The Labute approximate surface area is 117 Å². The number of hydrogen-bond donors (Lipinski definition) is 1. The molecule has 1 aliphatic heterocycles. The molecule has 1 aromatic rings. The summed E-state index contributed by atoms with van der Waals surface area (Å²) < 4.78 is 5.64. The third-order valence-electron chi connectivity index (χ3n) is 4.04. The van der Waals surface area contributed by atoms with Crippen LogP contribution in [0.5, 0.6) is 0 Å². The third-order valence-corrected chi connectivity index (χ3v) is 4.04. The minimum absolute atomic E-state index is 0.419. The summed E-state index contributed by atoms with van der Waals surface area (Å²) in [6.45, 7) is 8.70. The lowest BCUT2D eigenvalue weighted by atomic mass is 9.99. The van der Waals surface area contributed by atoms with Gasteiger partial charge in [0, 0.05) is 12.6 Å². The molecule has 0 bridgehead atoms. The van der Waals surface area contributed by atoms with E-state index in [1.54, 1.807) is 0 Å². The van der Waals surface area contributed by atoms with Crippen molar-refractivity contribution in [1.82, 2.24) is 5.32 Å². The zero-order valence-corrected chi connectivity index (χ0v) is 12.5. The highest BCUT2D eigenvalue weighted by Crippen LogP contribution is 2.19. The minimum atomic E-state index is 0.419. The molecule has 2 nitrogen and oxygen atoms in total. The summed E-state index contributed by atoms with van der Waals surface area (Å²) in [5.41, 5.74) is 2.78. The Kier molecular flexibility index (Phi) is 5.41. The van der Waals surface area contributed by atoms with Crippen LogP contribution in [0.3, 0.4) is 0 Å². The Morgan fingerprint density at radius 3 is 2.42 bits per heavy atom. The van der Waals surface area contributed by atoms with Crippen LogP contribution in [0.4, 0.5) is 0 Å². The van der Waals surface area contributed by atoms with Crippen LogP contribution in [0.15, 0.2) is 24.3 Å². The predicted molar refractivity (Wildman–Crippen MR) is 80.5 cm³/mol. The van der Waals surface area contributed by atoms with Gasteiger partial charge in [-0.25, -0.2) is 0 Å². The van der Waals surface area contributed by atoms with Gasteiger partial charge in [-0.15, -0.1) is 0 Å². The molecule has 1 N–H and O–H groups in total. The molecule has 0 amide bonds. The van der Waals surface area contributed by atoms with Crippen LogP contribution in [0, 0.1) is 0 Å². The molecule has 0 saturated carbocycles.